The Morgan fingerprint density at radius 3 is 2.50 bits per heavy atom. The molecule has 2 aromatic heterocycles. The van der Waals surface area contributed by atoms with Crippen LogP contribution in [0.15, 0.2) is 48.8 Å². The number of hydrogen-bond acceptors (Lipinski definition) is 7. The summed E-state index contributed by atoms with van der Waals surface area (Å²) in [5, 5.41) is 10.1. The van der Waals surface area contributed by atoms with Gasteiger partial charge in [-0.2, -0.15) is 0 Å². The van der Waals surface area contributed by atoms with Crippen LogP contribution in [-0.2, 0) is 13.7 Å². The van der Waals surface area contributed by atoms with Crippen molar-refractivity contribution in [3.8, 4) is 11.3 Å². The Morgan fingerprint density at radius 2 is 1.75 bits per heavy atom. The molecule has 0 saturated carbocycles. The second-order valence-electron chi connectivity index (χ2n) is 8.18. The lowest BCUT2D eigenvalue weighted by atomic mass is 10.1. The maximum Gasteiger partial charge on any atom is 0.153 e. The zero-order valence-corrected chi connectivity index (χ0v) is 18.4. The number of imidazole rings is 1. The second kappa shape index (κ2) is 8.12. The monoisotopic (exact) mass is 429 g/mol. The van der Waals surface area contributed by atoms with Crippen molar-refractivity contribution in [1.82, 2.24) is 19.5 Å². The molecule has 0 radical (unpaired) electrons. The first kappa shape index (κ1) is 20.3. The first-order chi connectivity index (χ1) is 15.5. The maximum atomic E-state index is 10.1. The van der Waals surface area contributed by atoms with Gasteiger partial charge in [-0.05, 0) is 31.2 Å². The molecule has 2 aromatic carbocycles. The number of aliphatic hydroxyl groups excluding tert-OH is 1. The van der Waals surface area contributed by atoms with E-state index in [-0.39, 0.29) is 6.61 Å². The van der Waals surface area contributed by atoms with Crippen LogP contribution in [0.5, 0.6) is 0 Å². The number of nitrogen functional groups attached to an aromatic ring is 1. The van der Waals surface area contributed by atoms with Crippen molar-refractivity contribution in [2.45, 2.75) is 13.5 Å². The number of para-hydroxylation sites is 2. The number of benzene rings is 2. The van der Waals surface area contributed by atoms with Crippen molar-refractivity contribution >= 4 is 28.2 Å². The molecular weight excluding hydrogens is 402 g/mol. The summed E-state index contributed by atoms with van der Waals surface area (Å²) >= 11 is 0. The standard InChI is InChI=1S/C24H27N7O/c1-16-23(17-7-8-19-22(13-17)29(2)15-26-19)28-20(14-32)24(27-16)31-11-9-30(10-12-31)21-6-4-3-5-18(21)25/h3-8,13,15,32H,9-12,14,25H2,1-2H3. The van der Waals surface area contributed by atoms with E-state index in [1.165, 1.54) is 0 Å². The first-order valence-electron chi connectivity index (χ1n) is 10.8. The van der Waals surface area contributed by atoms with Gasteiger partial charge in [0.2, 0.25) is 0 Å². The summed E-state index contributed by atoms with van der Waals surface area (Å²) in [5.74, 6) is 0.760. The molecule has 0 aliphatic carbocycles. The van der Waals surface area contributed by atoms with Gasteiger partial charge in [0.15, 0.2) is 5.82 Å². The fourth-order valence-corrected chi connectivity index (χ4v) is 4.38. The van der Waals surface area contributed by atoms with Crippen molar-refractivity contribution in [2.75, 3.05) is 41.7 Å². The van der Waals surface area contributed by atoms with E-state index in [0.29, 0.717) is 5.69 Å². The van der Waals surface area contributed by atoms with E-state index < -0.39 is 0 Å². The molecule has 0 unspecified atom stereocenters. The number of aryl methyl sites for hydroxylation is 2. The Kier molecular flexibility index (Phi) is 5.14. The van der Waals surface area contributed by atoms with Crippen molar-refractivity contribution in [3.63, 3.8) is 0 Å². The van der Waals surface area contributed by atoms with Crippen molar-refractivity contribution in [2.24, 2.45) is 7.05 Å². The summed E-state index contributed by atoms with van der Waals surface area (Å²) < 4.78 is 1.99. The lowest BCUT2D eigenvalue weighted by Crippen LogP contribution is -2.47. The van der Waals surface area contributed by atoms with Gasteiger partial charge in [0.25, 0.3) is 0 Å². The van der Waals surface area contributed by atoms with Gasteiger partial charge in [0, 0.05) is 38.8 Å². The van der Waals surface area contributed by atoms with Gasteiger partial charge >= 0.3 is 0 Å². The number of nitrogens with zero attached hydrogens (tertiary/aromatic N) is 6. The first-order valence-corrected chi connectivity index (χ1v) is 10.8. The van der Waals surface area contributed by atoms with Crippen LogP contribution in [0.25, 0.3) is 22.3 Å². The molecular formula is C24H27N7O. The molecule has 32 heavy (non-hydrogen) atoms. The molecule has 0 spiro atoms. The summed E-state index contributed by atoms with van der Waals surface area (Å²) in [4.78, 5) is 18.6. The van der Waals surface area contributed by atoms with Crippen LogP contribution >= 0.6 is 0 Å². The Bertz CT molecular complexity index is 1270. The number of aliphatic hydroxyl groups is 1. The molecule has 1 aliphatic rings. The molecule has 164 valence electrons. The number of rotatable bonds is 4. The molecule has 8 nitrogen and oxygen atoms in total. The highest BCUT2D eigenvalue weighted by Gasteiger charge is 2.23. The van der Waals surface area contributed by atoms with Crippen LogP contribution in [-0.4, -0.2) is 50.8 Å². The summed E-state index contributed by atoms with van der Waals surface area (Å²) in [6.45, 7) is 5.06. The third-order valence-corrected chi connectivity index (χ3v) is 6.13. The number of nitrogens with two attached hydrogens (primary N) is 1. The van der Waals surface area contributed by atoms with Crippen LogP contribution in [0.3, 0.4) is 0 Å². The molecule has 3 heterocycles. The van der Waals surface area contributed by atoms with Crippen molar-refractivity contribution < 1.29 is 5.11 Å². The lowest BCUT2D eigenvalue weighted by Gasteiger charge is -2.37. The zero-order valence-electron chi connectivity index (χ0n) is 18.4. The minimum atomic E-state index is -0.157. The van der Waals surface area contributed by atoms with E-state index in [4.69, 9.17) is 15.7 Å². The minimum Gasteiger partial charge on any atom is -0.397 e. The lowest BCUT2D eigenvalue weighted by molar-refractivity contribution is 0.276. The van der Waals surface area contributed by atoms with E-state index in [0.717, 1.165) is 71.4 Å². The number of aromatic nitrogens is 4. The highest BCUT2D eigenvalue weighted by molar-refractivity contribution is 5.82. The van der Waals surface area contributed by atoms with E-state index >= 15 is 0 Å². The van der Waals surface area contributed by atoms with Gasteiger partial charge in [-0.25, -0.2) is 15.0 Å². The largest absolute Gasteiger partial charge is 0.397 e. The molecule has 1 saturated heterocycles. The highest BCUT2D eigenvalue weighted by atomic mass is 16.3. The van der Waals surface area contributed by atoms with Gasteiger partial charge in [-0.15, -0.1) is 0 Å². The Hall–Kier alpha value is -3.65. The summed E-state index contributed by atoms with van der Waals surface area (Å²) in [7, 11) is 1.97. The topological polar surface area (TPSA) is 96.3 Å². The minimum absolute atomic E-state index is 0.157. The van der Waals surface area contributed by atoms with E-state index in [1.807, 2.05) is 48.9 Å². The van der Waals surface area contributed by atoms with Crippen LogP contribution in [0.4, 0.5) is 17.2 Å². The number of hydrogen-bond donors (Lipinski definition) is 2. The molecule has 3 N–H and O–H groups in total. The van der Waals surface area contributed by atoms with Crippen LogP contribution < -0.4 is 15.5 Å². The smallest absolute Gasteiger partial charge is 0.153 e. The van der Waals surface area contributed by atoms with Gasteiger partial charge in [0.05, 0.1) is 46.7 Å². The summed E-state index contributed by atoms with van der Waals surface area (Å²) in [6, 6.07) is 14.0. The molecule has 0 bridgehead atoms. The predicted octanol–water partition coefficient (Wildman–Crippen LogP) is 2.74. The second-order valence-corrected chi connectivity index (χ2v) is 8.18. The van der Waals surface area contributed by atoms with Gasteiger partial charge in [-0.1, -0.05) is 18.2 Å². The summed E-state index contributed by atoms with van der Waals surface area (Å²) in [5.41, 5.74) is 13.2. The molecule has 8 heteroatoms. The van der Waals surface area contributed by atoms with Gasteiger partial charge < -0.3 is 25.2 Å². The van der Waals surface area contributed by atoms with E-state index in [9.17, 15) is 5.11 Å². The van der Waals surface area contributed by atoms with Crippen LogP contribution in [0.1, 0.15) is 11.4 Å². The molecule has 1 aliphatic heterocycles. The number of anilines is 3. The number of piperazine rings is 1. The zero-order chi connectivity index (χ0) is 22.2. The number of fused-ring (bicyclic) bond motifs is 1. The van der Waals surface area contributed by atoms with Gasteiger partial charge in [-0.3, -0.25) is 0 Å². The molecule has 5 rings (SSSR count). The third kappa shape index (κ3) is 3.52. The quantitative estimate of drug-likeness (QED) is 0.482. The summed E-state index contributed by atoms with van der Waals surface area (Å²) in [6.07, 6.45) is 1.80. The van der Waals surface area contributed by atoms with Gasteiger partial charge in [0.1, 0.15) is 5.69 Å². The van der Waals surface area contributed by atoms with Crippen LogP contribution in [0.2, 0.25) is 0 Å². The van der Waals surface area contributed by atoms with Crippen molar-refractivity contribution in [3.05, 3.63) is 60.2 Å². The van der Waals surface area contributed by atoms with Crippen LogP contribution in [0, 0.1) is 6.92 Å². The molecule has 4 aromatic rings. The van der Waals surface area contributed by atoms with E-state index in [2.05, 4.69) is 26.9 Å². The predicted molar refractivity (Wildman–Crippen MR) is 128 cm³/mol. The van der Waals surface area contributed by atoms with E-state index in [1.54, 1.807) is 6.33 Å². The molecule has 1 fully saturated rings. The Labute approximate surface area is 187 Å². The Balaban J connectivity index is 1.42. The fourth-order valence-electron chi connectivity index (χ4n) is 4.38. The molecule has 0 atom stereocenters. The Morgan fingerprint density at radius 1 is 1.00 bits per heavy atom. The average molecular weight is 430 g/mol. The fraction of sp³-hybridized carbons (Fsp3) is 0.292. The third-order valence-electron chi connectivity index (χ3n) is 6.13. The molecule has 0 amide bonds. The normalized spacial score (nSPS) is 14.3. The SMILES string of the molecule is Cc1nc(N2CCN(c3ccccc3N)CC2)c(CO)nc1-c1ccc2ncn(C)c2c1. The average Bonchev–Trinajstić information content (AvgIpc) is 3.19. The maximum absolute atomic E-state index is 10.1. The highest BCUT2D eigenvalue weighted by Crippen LogP contribution is 2.29. The van der Waals surface area contributed by atoms with Crippen molar-refractivity contribution in [1.29, 1.82) is 0 Å².